The molecule has 2 aromatic heterocycles. The third-order valence-electron chi connectivity index (χ3n) is 3.48. The Labute approximate surface area is 94.5 Å². The van der Waals surface area contributed by atoms with E-state index in [1.165, 1.54) is 37.7 Å². The zero-order valence-electron chi connectivity index (χ0n) is 9.26. The van der Waals surface area contributed by atoms with Gasteiger partial charge in [-0.1, -0.05) is 19.3 Å². The summed E-state index contributed by atoms with van der Waals surface area (Å²) in [7, 11) is 0. The van der Waals surface area contributed by atoms with Gasteiger partial charge >= 0.3 is 0 Å². The van der Waals surface area contributed by atoms with Crippen molar-refractivity contribution in [2.75, 3.05) is 5.73 Å². The van der Waals surface area contributed by atoms with Gasteiger partial charge < -0.3 is 5.73 Å². The highest BCUT2D eigenvalue weighted by atomic mass is 15.2. The number of nitrogens with zero attached hydrogens (tertiary/aromatic N) is 3. The van der Waals surface area contributed by atoms with Gasteiger partial charge in [-0.25, -0.2) is 9.50 Å². The maximum Gasteiger partial charge on any atom is 0.178 e. The van der Waals surface area contributed by atoms with Crippen LogP contribution in [0.5, 0.6) is 0 Å². The van der Waals surface area contributed by atoms with Gasteiger partial charge in [0.2, 0.25) is 0 Å². The maximum absolute atomic E-state index is 5.76. The fourth-order valence-electron chi connectivity index (χ4n) is 2.55. The van der Waals surface area contributed by atoms with Crippen molar-refractivity contribution < 1.29 is 0 Å². The largest absolute Gasteiger partial charge is 0.394 e. The molecule has 4 heteroatoms. The fourth-order valence-corrected chi connectivity index (χ4v) is 2.55. The molecule has 0 atom stereocenters. The van der Waals surface area contributed by atoms with E-state index >= 15 is 0 Å². The molecular formula is C12H16N4. The Bertz CT molecular complexity index is 497. The van der Waals surface area contributed by atoms with E-state index < -0.39 is 0 Å². The molecule has 1 aliphatic rings. The molecule has 16 heavy (non-hydrogen) atoms. The summed E-state index contributed by atoms with van der Waals surface area (Å²) in [6, 6.07) is 0. The number of hydrogen-bond donors (Lipinski definition) is 1. The van der Waals surface area contributed by atoms with Gasteiger partial charge in [0.05, 0.1) is 11.9 Å². The Hall–Kier alpha value is -1.58. The van der Waals surface area contributed by atoms with E-state index in [1.807, 2.05) is 6.20 Å². The van der Waals surface area contributed by atoms with E-state index in [4.69, 9.17) is 5.73 Å². The van der Waals surface area contributed by atoms with Crippen LogP contribution in [-0.2, 0) is 0 Å². The van der Waals surface area contributed by atoms with Crippen LogP contribution in [0.3, 0.4) is 0 Å². The second kappa shape index (κ2) is 3.77. The van der Waals surface area contributed by atoms with Crippen LogP contribution in [0.25, 0.3) is 5.65 Å². The average molecular weight is 216 g/mol. The number of anilines is 1. The summed E-state index contributed by atoms with van der Waals surface area (Å²) in [5.41, 5.74) is 8.47. The number of fused-ring (bicyclic) bond motifs is 1. The second-order valence-electron chi connectivity index (χ2n) is 4.59. The summed E-state index contributed by atoms with van der Waals surface area (Å²) in [6.45, 7) is 0. The lowest BCUT2D eigenvalue weighted by atomic mass is 9.85. The first-order chi connectivity index (χ1) is 7.84. The molecule has 1 saturated carbocycles. The SMILES string of the molecule is Nc1cnn2cc(C3CCCCC3)cnc12. The highest BCUT2D eigenvalue weighted by Gasteiger charge is 2.16. The molecule has 1 fully saturated rings. The highest BCUT2D eigenvalue weighted by Crippen LogP contribution is 2.32. The minimum Gasteiger partial charge on any atom is -0.394 e. The summed E-state index contributed by atoms with van der Waals surface area (Å²) < 4.78 is 1.79. The zero-order valence-corrected chi connectivity index (χ0v) is 9.26. The monoisotopic (exact) mass is 216 g/mol. The van der Waals surface area contributed by atoms with Crippen LogP contribution >= 0.6 is 0 Å². The second-order valence-corrected chi connectivity index (χ2v) is 4.59. The average Bonchev–Trinajstić information content (AvgIpc) is 2.72. The quantitative estimate of drug-likeness (QED) is 0.796. The van der Waals surface area contributed by atoms with E-state index in [0.717, 1.165) is 5.65 Å². The topological polar surface area (TPSA) is 56.2 Å². The van der Waals surface area contributed by atoms with E-state index in [-0.39, 0.29) is 0 Å². The maximum atomic E-state index is 5.76. The molecule has 2 heterocycles. The van der Waals surface area contributed by atoms with E-state index in [2.05, 4.69) is 16.3 Å². The van der Waals surface area contributed by atoms with Gasteiger partial charge in [-0.05, 0) is 24.3 Å². The predicted molar refractivity (Wildman–Crippen MR) is 63.2 cm³/mol. The first-order valence-electron chi connectivity index (χ1n) is 5.93. The van der Waals surface area contributed by atoms with Crippen LogP contribution in [-0.4, -0.2) is 14.6 Å². The lowest BCUT2D eigenvalue weighted by Crippen LogP contribution is -2.06. The molecule has 3 rings (SSSR count). The van der Waals surface area contributed by atoms with Crippen molar-refractivity contribution in [3.8, 4) is 0 Å². The number of rotatable bonds is 1. The van der Waals surface area contributed by atoms with Crippen molar-refractivity contribution in [2.45, 2.75) is 38.0 Å². The Morgan fingerprint density at radius 2 is 2.00 bits per heavy atom. The summed E-state index contributed by atoms with van der Waals surface area (Å²) in [5, 5.41) is 4.20. The smallest absolute Gasteiger partial charge is 0.178 e. The van der Waals surface area contributed by atoms with Crippen molar-refractivity contribution in [1.82, 2.24) is 14.6 Å². The van der Waals surface area contributed by atoms with Crippen LogP contribution < -0.4 is 5.73 Å². The molecule has 0 spiro atoms. The van der Waals surface area contributed by atoms with Crippen molar-refractivity contribution >= 4 is 11.3 Å². The molecule has 0 aromatic carbocycles. The van der Waals surface area contributed by atoms with Gasteiger partial charge in [-0.2, -0.15) is 5.10 Å². The minimum atomic E-state index is 0.648. The number of aromatic nitrogens is 3. The molecule has 4 nitrogen and oxygen atoms in total. The normalized spacial score (nSPS) is 18.0. The standard InChI is InChI=1S/C12H16N4/c13-11-7-15-16-8-10(6-14-12(11)16)9-4-2-1-3-5-9/h6-9H,1-5,13H2. The zero-order chi connectivity index (χ0) is 11.0. The fraction of sp³-hybridized carbons (Fsp3) is 0.500. The Morgan fingerprint density at radius 3 is 2.81 bits per heavy atom. The van der Waals surface area contributed by atoms with Crippen molar-refractivity contribution in [2.24, 2.45) is 0 Å². The van der Waals surface area contributed by atoms with Crippen molar-refractivity contribution in [3.63, 3.8) is 0 Å². The third-order valence-corrected chi connectivity index (χ3v) is 3.48. The molecule has 2 aromatic rings. The van der Waals surface area contributed by atoms with Gasteiger partial charge in [-0.3, -0.25) is 0 Å². The third kappa shape index (κ3) is 1.54. The summed E-state index contributed by atoms with van der Waals surface area (Å²) in [5.74, 6) is 0.663. The Morgan fingerprint density at radius 1 is 1.19 bits per heavy atom. The van der Waals surface area contributed by atoms with E-state index in [1.54, 1.807) is 10.7 Å². The highest BCUT2D eigenvalue weighted by molar-refractivity contribution is 5.62. The first kappa shape index (κ1) is 9.63. The van der Waals surface area contributed by atoms with Gasteiger partial charge in [0.25, 0.3) is 0 Å². The Kier molecular flexibility index (Phi) is 2.27. The molecule has 0 bridgehead atoms. The van der Waals surface area contributed by atoms with Crippen molar-refractivity contribution in [3.05, 3.63) is 24.2 Å². The summed E-state index contributed by atoms with van der Waals surface area (Å²) >= 11 is 0. The van der Waals surface area contributed by atoms with Crippen LogP contribution in [0, 0.1) is 0 Å². The molecule has 0 aliphatic heterocycles. The Balaban J connectivity index is 1.97. The van der Waals surface area contributed by atoms with Gasteiger partial charge in [0.1, 0.15) is 0 Å². The molecule has 84 valence electrons. The lowest BCUT2D eigenvalue weighted by Gasteiger charge is -2.21. The molecule has 0 saturated heterocycles. The molecule has 0 unspecified atom stereocenters. The van der Waals surface area contributed by atoms with Crippen LogP contribution in [0.15, 0.2) is 18.6 Å². The van der Waals surface area contributed by atoms with E-state index in [0.29, 0.717) is 11.6 Å². The van der Waals surface area contributed by atoms with Crippen LogP contribution in [0.1, 0.15) is 43.6 Å². The first-order valence-corrected chi connectivity index (χ1v) is 5.93. The molecule has 2 N–H and O–H groups in total. The summed E-state index contributed by atoms with van der Waals surface area (Å²) in [4.78, 5) is 4.39. The van der Waals surface area contributed by atoms with E-state index in [9.17, 15) is 0 Å². The number of nitrogen functional groups attached to an aromatic ring is 1. The summed E-state index contributed by atoms with van der Waals surface area (Å²) in [6.07, 6.45) is 12.3. The number of hydrogen-bond acceptors (Lipinski definition) is 3. The minimum absolute atomic E-state index is 0.648. The van der Waals surface area contributed by atoms with Gasteiger partial charge in [-0.15, -0.1) is 0 Å². The molecule has 0 radical (unpaired) electrons. The molecular weight excluding hydrogens is 200 g/mol. The lowest BCUT2D eigenvalue weighted by molar-refractivity contribution is 0.441. The van der Waals surface area contributed by atoms with Gasteiger partial charge in [0.15, 0.2) is 5.65 Å². The van der Waals surface area contributed by atoms with Crippen LogP contribution in [0.4, 0.5) is 5.69 Å². The number of nitrogens with two attached hydrogens (primary N) is 1. The molecule has 0 amide bonds. The van der Waals surface area contributed by atoms with Crippen LogP contribution in [0.2, 0.25) is 0 Å². The predicted octanol–water partition coefficient (Wildman–Crippen LogP) is 2.36. The van der Waals surface area contributed by atoms with Crippen molar-refractivity contribution in [1.29, 1.82) is 0 Å². The van der Waals surface area contributed by atoms with Gasteiger partial charge in [0, 0.05) is 12.4 Å². The molecule has 1 aliphatic carbocycles.